The van der Waals surface area contributed by atoms with Crippen molar-refractivity contribution in [1.82, 2.24) is 20.4 Å². The average Bonchev–Trinajstić information content (AvgIpc) is 2.38. The molecule has 18 heavy (non-hydrogen) atoms. The first-order valence-electron chi connectivity index (χ1n) is 7.03. The van der Waals surface area contributed by atoms with E-state index in [2.05, 4.69) is 34.5 Å². The number of amides is 1. The average molecular weight is 254 g/mol. The van der Waals surface area contributed by atoms with Crippen molar-refractivity contribution < 1.29 is 4.79 Å². The molecule has 1 atom stereocenters. The third-order valence-corrected chi connectivity index (χ3v) is 4.10. The fraction of sp³-hybridized carbons (Fsp3) is 0.923. The Balaban J connectivity index is 1.68. The van der Waals surface area contributed by atoms with Crippen molar-refractivity contribution in [2.45, 2.75) is 18.9 Å². The fourth-order valence-electron chi connectivity index (χ4n) is 2.71. The van der Waals surface area contributed by atoms with Crippen LogP contribution >= 0.6 is 0 Å². The molecule has 2 fully saturated rings. The molecule has 2 aliphatic heterocycles. The molecule has 2 rings (SSSR count). The van der Waals surface area contributed by atoms with Gasteiger partial charge in [-0.3, -0.25) is 4.79 Å². The molecule has 5 nitrogen and oxygen atoms in total. The lowest BCUT2D eigenvalue weighted by atomic mass is 9.97. The number of likely N-dealkylation sites (N-methyl/N-ethyl adjacent to an activating group) is 1. The zero-order valence-electron chi connectivity index (χ0n) is 11.6. The van der Waals surface area contributed by atoms with E-state index in [1.807, 2.05) is 0 Å². The molecule has 0 aliphatic carbocycles. The summed E-state index contributed by atoms with van der Waals surface area (Å²) in [5, 5.41) is 6.39. The molecule has 0 aromatic rings. The van der Waals surface area contributed by atoms with Crippen LogP contribution in [0.25, 0.3) is 0 Å². The molecule has 2 aliphatic rings. The number of likely N-dealkylation sites (tertiary alicyclic amines) is 1. The van der Waals surface area contributed by atoms with Crippen LogP contribution in [0, 0.1) is 5.92 Å². The van der Waals surface area contributed by atoms with Crippen molar-refractivity contribution in [2.24, 2.45) is 5.92 Å². The molecule has 1 unspecified atom stereocenters. The topological polar surface area (TPSA) is 47.6 Å². The van der Waals surface area contributed by atoms with Crippen LogP contribution in [0.4, 0.5) is 0 Å². The van der Waals surface area contributed by atoms with Crippen LogP contribution in [-0.2, 0) is 4.79 Å². The Hall–Kier alpha value is -0.650. The van der Waals surface area contributed by atoms with Gasteiger partial charge in [0, 0.05) is 26.2 Å². The Morgan fingerprint density at radius 3 is 2.61 bits per heavy atom. The maximum absolute atomic E-state index is 12.0. The molecule has 0 aromatic carbocycles. The quantitative estimate of drug-likeness (QED) is 0.702. The minimum Gasteiger partial charge on any atom is -0.354 e. The van der Waals surface area contributed by atoms with Crippen molar-refractivity contribution in [3.05, 3.63) is 0 Å². The molecule has 1 amide bonds. The molecular formula is C13H26N4O. The van der Waals surface area contributed by atoms with E-state index in [0.29, 0.717) is 5.92 Å². The molecule has 0 saturated carbocycles. The molecule has 0 spiro atoms. The Morgan fingerprint density at radius 2 is 1.94 bits per heavy atom. The molecular weight excluding hydrogens is 228 g/mol. The van der Waals surface area contributed by atoms with Crippen molar-refractivity contribution >= 4 is 5.91 Å². The summed E-state index contributed by atoms with van der Waals surface area (Å²) in [5.41, 5.74) is 0. The van der Waals surface area contributed by atoms with Gasteiger partial charge in [0.2, 0.25) is 5.91 Å². The standard InChI is InChI=1S/C13H26N4O/c1-16-6-3-11(4-7-16)9-15-13(18)12-10-17(2)8-5-14-12/h11-12,14H,3-10H2,1-2H3,(H,15,18). The fourth-order valence-corrected chi connectivity index (χ4v) is 2.71. The molecule has 2 heterocycles. The monoisotopic (exact) mass is 254 g/mol. The van der Waals surface area contributed by atoms with E-state index in [4.69, 9.17) is 0 Å². The Kier molecular flexibility index (Phi) is 4.97. The van der Waals surface area contributed by atoms with Crippen molar-refractivity contribution in [3.8, 4) is 0 Å². The second kappa shape index (κ2) is 6.50. The minimum absolute atomic E-state index is 0.0324. The maximum atomic E-state index is 12.0. The van der Waals surface area contributed by atoms with Crippen molar-refractivity contribution in [3.63, 3.8) is 0 Å². The summed E-state index contributed by atoms with van der Waals surface area (Å²) in [6.07, 6.45) is 2.41. The molecule has 5 heteroatoms. The first-order chi connectivity index (χ1) is 8.65. The number of hydrogen-bond acceptors (Lipinski definition) is 4. The molecule has 0 radical (unpaired) electrons. The van der Waals surface area contributed by atoms with Crippen LogP contribution in [0.2, 0.25) is 0 Å². The lowest BCUT2D eigenvalue weighted by molar-refractivity contribution is -0.124. The van der Waals surface area contributed by atoms with Gasteiger partial charge in [-0.25, -0.2) is 0 Å². The second-order valence-electron chi connectivity index (χ2n) is 5.76. The van der Waals surface area contributed by atoms with E-state index < -0.39 is 0 Å². The lowest BCUT2D eigenvalue weighted by Gasteiger charge is -2.32. The highest BCUT2D eigenvalue weighted by atomic mass is 16.2. The number of nitrogens with zero attached hydrogens (tertiary/aromatic N) is 2. The van der Waals surface area contributed by atoms with E-state index in [9.17, 15) is 4.79 Å². The Bertz CT molecular complexity index is 276. The van der Waals surface area contributed by atoms with E-state index in [1.165, 1.54) is 12.8 Å². The zero-order valence-corrected chi connectivity index (χ0v) is 11.6. The summed E-state index contributed by atoms with van der Waals surface area (Å²) in [6.45, 7) is 5.91. The highest BCUT2D eigenvalue weighted by molar-refractivity contribution is 5.82. The number of piperidine rings is 1. The van der Waals surface area contributed by atoms with Crippen LogP contribution in [0.3, 0.4) is 0 Å². The van der Waals surface area contributed by atoms with Gasteiger partial charge in [-0.05, 0) is 45.9 Å². The molecule has 0 aromatic heterocycles. The first-order valence-corrected chi connectivity index (χ1v) is 7.03. The third-order valence-electron chi connectivity index (χ3n) is 4.10. The van der Waals surface area contributed by atoms with Gasteiger partial charge in [-0.15, -0.1) is 0 Å². The molecule has 2 saturated heterocycles. The van der Waals surface area contributed by atoms with E-state index >= 15 is 0 Å². The van der Waals surface area contributed by atoms with E-state index in [1.54, 1.807) is 0 Å². The summed E-state index contributed by atoms with van der Waals surface area (Å²) < 4.78 is 0. The first kappa shape index (κ1) is 13.8. The van der Waals surface area contributed by atoms with Gasteiger partial charge >= 0.3 is 0 Å². The van der Waals surface area contributed by atoms with Crippen molar-refractivity contribution in [2.75, 3.05) is 53.4 Å². The highest BCUT2D eigenvalue weighted by Crippen LogP contribution is 2.14. The third kappa shape index (κ3) is 3.93. The van der Waals surface area contributed by atoms with Gasteiger partial charge in [-0.1, -0.05) is 0 Å². The van der Waals surface area contributed by atoms with Gasteiger partial charge < -0.3 is 20.4 Å². The number of rotatable bonds is 3. The van der Waals surface area contributed by atoms with Crippen LogP contribution in [-0.4, -0.2) is 75.1 Å². The van der Waals surface area contributed by atoms with Gasteiger partial charge in [0.1, 0.15) is 0 Å². The predicted octanol–water partition coefficient (Wildman–Crippen LogP) is -0.652. The Labute approximate surface area is 110 Å². The van der Waals surface area contributed by atoms with Gasteiger partial charge in [-0.2, -0.15) is 0 Å². The molecule has 104 valence electrons. The number of carbonyl (C=O) groups excluding carboxylic acids is 1. The number of carbonyl (C=O) groups is 1. The summed E-state index contributed by atoms with van der Waals surface area (Å²) in [6, 6.07) is -0.0324. The SMILES string of the molecule is CN1CCC(CNC(=O)C2CN(C)CCN2)CC1. The highest BCUT2D eigenvalue weighted by Gasteiger charge is 2.24. The maximum Gasteiger partial charge on any atom is 0.238 e. The Morgan fingerprint density at radius 1 is 1.22 bits per heavy atom. The minimum atomic E-state index is -0.0324. The smallest absolute Gasteiger partial charge is 0.238 e. The van der Waals surface area contributed by atoms with Gasteiger partial charge in [0.15, 0.2) is 0 Å². The van der Waals surface area contributed by atoms with Crippen LogP contribution in [0.5, 0.6) is 0 Å². The summed E-state index contributed by atoms with van der Waals surface area (Å²) in [7, 11) is 4.23. The zero-order chi connectivity index (χ0) is 13.0. The normalized spacial score (nSPS) is 28.2. The number of hydrogen-bond donors (Lipinski definition) is 2. The predicted molar refractivity (Wildman–Crippen MR) is 72.5 cm³/mol. The molecule has 2 N–H and O–H groups in total. The van der Waals surface area contributed by atoms with Gasteiger partial charge in [0.25, 0.3) is 0 Å². The van der Waals surface area contributed by atoms with Crippen LogP contribution < -0.4 is 10.6 Å². The van der Waals surface area contributed by atoms with Crippen LogP contribution in [0.1, 0.15) is 12.8 Å². The summed E-state index contributed by atoms with van der Waals surface area (Å²) in [4.78, 5) is 16.6. The van der Waals surface area contributed by atoms with E-state index in [0.717, 1.165) is 39.3 Å². The van der Waals surface area contributed by atoms with E-state index in [-0.39, 0.29) is 11.9 Å². The largest absolute Gasteiger partial charge is 0.354 e. The molecule has 0 bridgehead atoms. The second-order valence-corrected chi connectivity index (χ2v) is 5.76. The van der Waals surface area contributed by atoms with Crippen LogP contribution in [0.15, 0.2) is 0 Å². The number of piperazine rings is 1. The lowest BCUT2D eigenvalue weighted by Crippen LogP contribution is -2.56. The summed E-state index contributed by atoms with van der Waals surface area (Å²) in [5.74, 6) is 0.826. The van der Waals surface area contributed by atoms with Crippen molar-refractivity contribution in [1.29, 1.82) is 0 Å². The summed E-state index contributed by atoms with van der Waals surface area (Å²) >= 11 is 0. The number of nitrogens with one attached hydrogen (secondary N) is 2. The van der Waals surface area contributed by atoms with Gasteiger partial charge in [0.05, 0.1) is 6.04 Å².